The zero-order chi connectivity index (χ0) is 15.1. The summed E-state index contributed by atoms with van der Waals surface area (Å²) in [6, 6.07) is 2.09. The van der Waals surface area contributed by atoms with Crippen LogP contribution in [0.25, 0.3) is 0 Å². The predicted molar refractivity (Wildman–Crippen MR) is 83.9 cm³/mol. The van der Waals surface area contributed by atoms with Crippen molar-refractivity contribution >= 4 is 10.0 Å². The molecule has 0 aromatic carbocycles. The van der Waals surface area contributed by atoms with E-state index in [4.69, 9.17) is 5.26 Å². The lowest BCUT2D eigenvalue weighted by Gasteiger charge is -2.06. The first-order valence-corrected chi connectivity index (χ1v) is 9.62. The van der Waals surface area contributed by atoms with Crippen LogP contribution in [0.3, 0.4) is 0 Å². The molecular formula is C15H30N2O2S. The van der Waals surface area contributed by atoms with Gasteiger partial charge in [-0.2, -0.15) is 5.26 Å². The molecule has 1 N–H and O–H groups in total. The molecule has 0 rings (SSSR count). The van der Waals surface area contributed by atoms with Gasteiger partial charge in [-0.05, 0) is 19.3 Å². The highest BCUT2D eigenvalue weighted by molar-refractivity contribution is 7.89. The van der Waals surface area contributed by atoms with Gasteiger partial charge in [0.1, 0.15) is 0 Å². The standard InChI is InChI=1S/C15H30N2O2S/c1-2-3-4-5-6-9-12-15-20(18,19)17-14-11-8-7-10-13-16/h17H,2-12,14-15H2,1H3. The third-order valence-corrected chi connectivity index (χ3v) is 4.77. The van der Waals surface area contributed by atoms with Crippen LogP contribution in [0, 0.1) is 11.3 Å². The van der Waals surface area contributed by atoms with Gasteiger partial charge < -0.3 is 0 Å². The predicted octanol–water partition coefficient (Wildman–Crippen LogP) is 3.74. The SMILES string of the molecule is CCCCCCCCCS(=O)(=O)NCCCCCC#N. The molecule has 5 heteroatoms. The molecule has 118 valence electrons. The molecule has 0 aliphatic rings. The van der Waals surface area contributed by atoms with Gasteiger partial charge in [0.05, 0.1) is 11.8 Å². The molecule has 0 fully saturated rings. The first kappa shape index (κ1) is 19.4. The summed E-state index contributed by atoms with van der Waals surface area (Å²) in [5.41, 5.74) is 0. The second kappa shape index (κ2) is 13.4. The topological polar surface area (TPSA) is 70.0 Å². The molecule has 0 aromatic rings. The van der Waals surface area contributed by atoms with Crippen LogP contribution in [-0.4, -0.2) is 20.7 Å². The Kier molecular flexibility index (Phi) is 13.0. The van der Waals surface area contributed by atoms with Gasteiger partial charge in [-0.1, -0.05) is 51.9 Å². The summed E-state index contributed by atoms with van der Waals surface area (Å²) in [4.78, 5) is 0. The molecule has 0 saturated carbocycles. The van der Waals surface area contributed by atoms with Crippen LogP contribution in [0.5, 0.6) is 0 Å². The number of rotatable bonds is 14. The normalized spacial score (nSPS) is 11.4. The maximum absolute atomic E-state index is 11.7. The summed E-state index contributed by atoms with van der Waals surface area (Å²) < 4.78 is 26.0. The van der Waals surface area contributed by atoms with Gasteiger partial charge in [0, 0.05) is 13.0 Å². The lowest BCUT2D eigenvalue weighted by molar-refractivity contribution is 0.563. The Morgan fingerprint density at radius 2 is 1.50 bits per heavy atom. The Morgan fingerprint density at radius 3 is 2.15 bits per heavy atom. The monoisotopic (exact) mass is 302 g/mol. The Bertz CT molecular complexity index is 347. The minimum Gasteiger partial charge on any atom is -0.215 e. The van der Waals surface area contributed by atoms with Crippen LogP contribution < -0.4 is 4.72 Å². The molecule has 0 aromatic heterocycles. The van der Waals surface area contributed by atoms with E-state index < -0.39 is 10.0 Å². The van der Waals surface area contributed by atoms with E-state index in [9.17, 15) is 8.42 Å². The number of nitrogens with one attached hydrogen (secondary N) is 1. The summed E-state index contributed by atoms with van der Waals surface area (Å²) in [5, 5.41) is 8.38. The fourth-order valence-corrected chi connectivity index (χ4v) is 3.24. The average Bonchev–Trinajstić information content (AvgIpc) is 2.41. The van der Waals surface area contributed by atoms with Gasteiger partial charge >= 0.3 is 0 Å². The molecule has 0 aliphatic carbocycles. The van der Waals surface area contributed by atoms with E-state index in [1.54, 1.807) is 0 Å². The molecule has 0 spiro atoms. The number of hydrogen-bond acceptors (Lipinski definition) is 3. The van der Waals surface area contributed by atoms with Crippen LogP contribution in [0.1, 0.15) is 77.6 Å². The van der Waals surface area contributed by atoms with Crippen LogP contribution in [0.4, 0.5) is 0 Å². The second-order valence-electron chi connectivity index (χ2n) is 5.30. The van der Waals surface area contributed by atoms with Gasteiger partial charge in [-0.25, -0.2) is 13.1 Å². The lowest BCUT2D eigenvalue weighted by atomic mass is 10.1. The number of sulfonamides is 1. The van der Waals surface area contributed by atoms with Gasteiger partial charge in [0.25, 0.3) is 0 Å². The highest BCUT2D eigenvalue weighted by Gasteiger charge is 2.08. The van der Waals surface area contributed by atoms with E-state index in [1.807, 2.05) is 0 Å². The molecule has 0 saturated heterocycles. The van der Waals surface area contributed by atoms with Crippen molar-refractivity contribution in [3.05, 3.63) is 0 Å². The van der Waals surface area contributed by atoms with Crippen molar-refractivity contribution in [2.24, 2.45) is 0 Å². The molecule has 0 radical (unpaired) electrons. The molecule has 0 unspecified atom stereocenters. The van der Waals surface area contributed by atoms with Crippen molar-refractivity contribution in [2.75, 3.05) is 12.3 Å². The van der Waals surface area contributed by atoms with E-state index in [2.05, 4.69) is 17.7 Å². The Hall–Kier alpha value is -0.600. The molecule has 0 aliphatic heterocycles. The van der Waals surface area contributed by atoms with Crippen molar-refractivity contribution in [1.82, 2.24) is 4.72 Å². The van der Waals surface area contributed by atoms with Crippen LogP contribution in [0.2, 0.25) is 0 Å². The van der Waals surface area contributed by atoms with Crippen molar-refractivity contribution < 1.29 is 8.42 Å². The zero-order valence-corrected chi connectivity index (χ0v) is 13.7. The first-order chi connectivity index (χ1) is 9.62. The van der Waals surface area contributed by atoms with E-state index >= 15 is 0 Å². The Labute approximate surface area is 125 Å². The van der Waals surface area contributed by atoms with Crippen LogP contribution >= 0.6 is 0 Å². The van der Waals surface area contributed by atoms with Crippen molar-refractivity contribution in [3.63, 3.8) is 0 Å². The van der Waals surface area contributed by atoms with E-state index in [0.29, 0.717) is 13.0 Å². The lowest BCUT2D eigenvalue weighted by Crippen LogP contribution is -2.27. The molecule has 0 amide bonds. The van der Waals surface area contributed by atoms with Crippen molar-refractivity contribution in [1.29, 1.82) is 5.26 Å². The van der Waals surface area contributed by atoms with Gasteiger partial charge in [0.15, 0.2) is 0 Å². The van der Waals surface area contributed by atoms with Crippen molar-refractivity contribution in [2.45, 2.75) is 77.6 Å². The smallest absolute Gasteiger partial charge is 0.211 e. The largest absolute Gasteiger partial charge is 0.215 e. The molecule has 0 heterocycles. The van der Waals surface area contributed by atoms with Gasteiger partial charge in [-0.15, -0.1) is 0 Å². The fourth-order valence-electron chi connectivity index (χ4n) is 2.05. The highest BCUT2D eigenvalue weighted by Crippen LogP contribution is 2.07. The summed E-state index contributed by atoms with van der Waals surface area (Å²) in [5.74, 6) is 0.249. The average molecular weight is 302 g/mol. The molecule has 0 bridgehead atoms. The van der Waals surface area contributed by atoms with E-state index in [1.165, 1.54) is 25.7 Å². The summed E-state index contributed by atoms with van der Waals surface area (Å²) in [7, 11) is -3.09. The quantitative estimate of drug-likeness (QED) is 0.497. The number of nitrogens with zero attached hydrogens (tertiary/aromatic N) is 1. The van der Waals surface area contributed by atoms with Crippen LogP contribution in [-0.2, 0) is 10.0 Å². The summed E-state index contributed by atoms with van der Waals surface area (Å²) >= 11 is 0. The van der Waals surface area contributed by atoms with E-state index in [-0.39, 0.29) is 5.75 Å². The summed E-state index contributed by atoms with van der Waals surface area (Å²) in [6.07, 6.45) is 11.1. The fraction of sp³-hybridized carbons (Fsp3) is 0.933. The second-order valence-corrected chi connectivity index (χ2v) is 7.23. The third-order valence-electron chi connectivity index (χ3n) is 3.30. The Balaban J connectivity index is 3.43. The van der Waals surface area contributed by atoms with Crippen LogP contribution in [0.15, 0.2) is 0 Å². The maximum atomic E-state index is 11.7. The Morgan fingerprint density at radius 1 is 0.900 bits per heavy atom. The number of nitriles is 1. The van der Waals surface area contributed by atoms with E-state index in [0.717, 1.165) is 38.5 Å². The minimum absolute atomic E-state index is 0.249. The maximum Gasteiger partial charge on any atom is 0.211 e. The minimum atomic E-state index is -3.09. The number of hydrogen-bond donors (Lipinski definition) is 1. The molecular weight excluding hydrogens is 272 g/mol. The van der Waals surface area contributed by atoms with Gasteiger partial charge in [-0.3, -0.25) is 0 Å². The number of unbranched alkanes of at least 4 members (excludes halogenated alkanes) is 9. The van der Waals surface area contributed by atoms with Gasteiger partial charge in [0.2, 0.25) is 10.0 Å². The van der Waals surface area contributed by atoms with Crippen molar-refractivity contribution in [3.8, 4) is 6.07 Å². The molecule has 20 heavy (non-hydrogen) atoms. The molecule has 0 atom stereocenters. The zero-order valence-electron chi connectivity index (χ0n) is 12.9. The summed E-state index contributed by atoms with van der Waals surface area (Å²) in [6.45, 7) is 2.70. The highest BCUT2D eigenvalue weighted by atomic mass is 32.2. The first-order valence-electron chi connectivity index (χ1n) is 7.96. The third kappa shape index (κ3) is 13.8. The molecule has 4 nitrogen and oxygen atoms in total.